The number of benzene rings is 1. The predicted molar refractivity (Wildman–Crippen MR) is 89.0 cm³/mol. The molecule has 0 bridgehead atoms. The normalized spacial score (nSPS) is 17.0. The third-order valence-corrected chi connectivity index (χ3v) is 4.95. The Morgan fingerprint density at radius 3 is 2.67 bits per heavy atom. The molecule has 0 atom stereocenters. The second-order valence-corrected chi connectivity index (χ2v) is 7.19. The van der Waals surface area contributed by atoms with Gasteiger partial charge in [-0.3, -0.25) is 9.59 Å². The van der Waals surface area contributed by atoms with E-state index in [0.717, 1.165) is 26.4 Å². The number of amides is 2. The molecule has 21 heavy (non-hydrogen) atoms. The molecule has 0 N–H and O–H groups in total. The first-order valence-electron chi connectivity index (χ1n) is 6.14. The zero-order chi connectivity index (χ0) is 15.0. The number of anilines is 1. The summed E-state index contributed by atoms with van der Waals surface area (Å²) in [6.45, 7) is 2.00. The standard InChI is InChI=1S/C15H10ClNO2S2/c1-9-5-6-12(20-9)8-13-14(18)17(15(19)21-13)11-4-2-3-10(16)7-11/h2-8H,1H3/b13-8-. The highest BCUT2D eigenvalue weighted by molar-refractivity contribution is 8.19. The fourth-order valence-electron chi connectivity index (χ4n) is 1.97. The number of carbonyl (C=O) groups is 2. The maximum absolute atomic E-state index is 12.4. The third kappa shape index (κ3) is 2.90. The molecule has 2 amide bonds. The zero-order valence-corrected chi connectivity index (χ0v) is 13.4. The molecule has 0 unspecified atom stereocenters. The second-order valence-electron chi connectivity index (χ2n) is 4.45. The Morgan fingerprint density at radius 1 is 1.19 bits per heavy atom. The summed E-state index contributed by atoms with van der Waals surface area (Å²) in [7, 11) is 0. The summed E-state index contributed by atoms with van der Waals surface area (Å²) < 4.78 is 0. The number of thiophene rings is 1. The van der Waals surface area contributed by atoms with E-state index in [0.29, 0.717) is 15.6 Å². The van der Waals surface area contributed by atoms with Crippen LogP contribution in [0.1, 0.15) is 9.75 Å². The number of aryl methyl sites for hydroxylation is 1. The Morgan fingerprint density at radius 2 is 2.00 bits per heavy atom. The van der Waals surface area contributed by atoms with Crippen molar-refractivity contribution < 1.29 is 9.59 Å². The zero-order valence-electron chi connectivity index (χ0n) is 11.0. The van der Waals surface area contributed by atoms with E-state index in [1.807, 2.05) is 19.1 Å². The van der Waals surface area contributed by atoms with Crippen molar-refractivity contribution in [2.45, 2.75) is 6.92 Å². The van der Waals surface area contributed by atoms with Crippen LogP contribution < -0.4 is 4.90 Å². The lowest BCUT2D eigenvalue weighted by molar-refractivity contribution is -0.113. The summed E-state index contributed by atoms with van der Waals surface area (Å²) in [6, 6.07) is 10.6. The van der Waals surface area contributed by atoms with E-state index in [1.165, 1.54) is 0 Å². The minimum atomic E-state index is -0.307. The average Bonchev–Trinajstić information content (AvgIpc) is 2.94. The highest BCUT2D eigenvalue weighted by Gasteiger charge is 2.36. The van der Waals surface area contributed by atoms with E-state index >= 15 is 0 Å². The summed E-state index contributed by atoms with van der Waals surface area (Å²) in [5.41, 5.74) is 0.496. The van der Waals surface area contributed by atoms with Crippen molar-refractivity contribution in [2.75, 3.05) is 4.90 Å². The van der Waals surface area contributed by atoms with Crippen LogP contribution in [0.3, 0.4) is 0 Å². The molecule has 0 saturated carbocycles. The van der Waals surface area contributed by atoms with Crippen molar-refractivity contribution in [2.24, 2.45) is 0 Å². The lowest BCUT2D eigenvalue weighted by atomic mass is 10.3. The highest BCUT2D eigenvalue weighted by atomic mass is 35.5. The number of carbonyl (C=O) groups excluding carboxylic acids is 2. The molecular formula is C15H10ClNO2S2. The van der Waals surface area contributed by atoms with Crippen LogP contribution in [0.15, 0.2) is 41.3 Å². The number of hydrogen-bond acceptors (Lipinski definition) is 4. The van der Waals surface area contributed by atoms with Crippen LogP contribution in [0.25, 0.3) is 6.08 Å². The average molecular weight is 336 g/mol. The van der Waals surface area contributed by atoms with Gasteiger partial charge in [0.1, 0.15) is 0 Å². The van der Waals surface area contributed by atoms with Gasteiger partial charge in [-0.15, -0.1) is 11.3 Å². The van der Waals surface area contributed by atoms with E-state index < -0.39 is 0 Å². The number of rotatable bonds is 2. The fraction of sp³-hybridized carbons (Fsp3) is 0.0667. The quantitative estimate of drug-likeness (QED) is 0.728. The Hall–Kier alpha value is -1.56. The molecule has 3 nitrogen and oxygen atoms in total. The smallest absolute Gasteiger partial charge is 0.268 e. The summed E-state index contributed by atoms with van der Waals surface area (Å²) in [5.74, 6) is -0.307. The first kappa shape index (κ1) is 14.4. The molecule has 0 radical (unpaired) electrons. The second kappa shape index (κ2) is 5.67. The number of nitrogens with zero attached hydrogens (tertiary/aromatic N) is 1. The number of thioether (sulfide) groups is 1. The van der Waals surface area contributed by atoms with E-state index in [-0.39, 0.29) is 11.1 Å². The minimum Gasteiger partial charge on any atom is -0.268 e. The van der Waals surface area contributed by atoms with Crippen LogP contribution in [-0.4, -0.2) is 11.1 Å². The molecule has 6 heteroatoms. The summed E-state index contributed by atoms with van der Waals surface area (Å²) in [5, 5.41) is 0.186. The Kier molecular flexibility index (Phi) is 3.89. The monoisotopic (exact) mass is 335 g/mol. The largest absolute Gasteiger partial charge is 0.298 e. The van der Waals surface area contributed by atoms with Gasteiger partial charge in [0.2, 0.25) is 0 Å². The molecule has 1 aliphatic heterocycles. The molecule has 106 valence electrons. The molecule has 1 fully saturated rings. The van der Waals surface area contributed by atoms with E-state index in [4.69, 9.17) is 11.6 Å². The molecule has 3 rings (SSSR count). The van der Waals surface area contributed by atoms with Gasteiger partial charge in [0.05, 0.1) is 10.6 Å². The molecule has 2 aromatic rings. The van der Waals surface area contributed by atoms with Crippen LogP contribution in [-0.2, 0) is 4.79 Å². The number of halogens is 1. The van der Waals surface area contributed by atoms with Crippen LogP contribution in [0.2, 0.25) is 5.02 Å². The van der Waals surface area contributed by atoms with Gasteiger partial charge in [-0.25, -0.2) is 4.90 Å². The maximum atomic E-state index is 12.4. The predicted octanol–water partition coefficient (Wildman–Crippen LogP) is 4.95. The van der Waals surface area contributed by atoms with E-state index in [2.05, 4.69) is 0 Å². The van der Waals surface area contributed by atoms with Gasteiger partial charge in [0.15, 0.2) is 0 Å². The number of imide groups is 1. The van der Waals surface area contributed by atoms with Crippen LogP contribution in [0.4, 0.5) is 10.5 Å². The van der Waals surface area contributed by atoms with Crippen molar-refractivity contribution in [3.8, 4) is 0 Å². The minimum absolute atomic E-state index is 0.304. The summed E-state index contributed by atoms with van der Waals surface area (Å²) in [4.78, 5) is 28.2. The van der Waals surface area contributed by atoms with Crippen LogP contribution in [0.5, 0.6) is 0 Å². The van der Waals surface area contributed by atoms with Gasteiger partial charge >= 0.3 is 0 Å². The number of hydrogen-bond donors (Lipinski definition) is 0. The van der Waals surface area contributed by atoms with Crippen molar-refractivity contribution in [3.05, 3.63) is 56.1 Å². The van der Waals surface area contributed by atoms with Gasteiger partial charge in [-0.2, -0.15) is 0 Å². The highest BCUT2D eigenvalue weighted by Crippen LogP contribution is 2.37. The molecule has 1 aromatic carbocycles. The van der Waals surface area contributed by atoms with Gasteiger partial charge in [0.25, 0.3) is 11.1 Å². The van der Waals surface area contributed by atoms with Crippen LogP contribution in [0, 0.1) is 6.92 Å². The lowest BCUT2D eigenvalue weighted by Gasteiger charge is -2.12. The SMILES string of the molecule is Cc1ccc(/C=C2\SC(=O)N(c3cccc(Cl)c3)C2=O)s1. The summed E-state index contributed by atoms with van der Waals surface area (Å²) >= 11 is 8.45. The maximum Gasteiger partial charge on any atom is 0.298 e. The van der Waals surface area contributed by atoms with E-state index in [9.17, 15) is 9.59 Å². The van der Waals surface area contributed by atoms with Gasteiger partial charge in [0, 0.05) is 14.8 Å². The van der Waals surface area contributed by atoms with Gasteiger partial charge in [-0.1, -0.05) is 17.7 Å². The Bertz CT molecular complexity index is 767. The van der Waals surface area contributed by atoms with Gasteiger partial charge in [-0.05, 0) is 55.1 Å². The van der Waals surface area contributed by atoms with Crippen molar-refractivity contribution in [3.63, 3.8) is 0 Å². The van der Waals surface area contributed by atoms with Gasteiger partial charge < -0.3 is 0 Å². The molecule has 0 aliphatic carbocycles. The van der Waals surface area contributed by atoms with Crippen molar-refractivity contribution in [1.82, 2.24) is 0 Å². The molecular weight excluding hydrogens is 326 g/mol. The fourth-order valence-corrected chi connectivity index (χ4v) is 3.88. The van der Waals surface area contributed by atoms with E-state index in [1.54, 1.807) is 41.7 Å². The third-order valence-electron chi connectivity index (χ3n) is 2.89. The lowest BCUT2D eigenvalue weighted by Crippen LogP contribution is -2.27. The molecule has 1 aromatic heterocycles. The first-order chi connectivity index (χ1) is 10.0. The molecule has 0 spiro atoms. The molecule has 1 aliphatic rings. The topological polar surface area (TPSA) is 37.4 Å². The Balaban J connectivity index is 1.94. The van der Waals surface area contributed by atoms with Crippen molar-refractivity contribution >= 4 is 57.6 Å². The van der Waals surface area contributed by atoms with Crippen molar-refractivity contribution in [1.29, 1.82) is 0 Å². The molecule has 2 heterocycles. The summed E-state index contributed by atoms with van der Waals surface area (Å²) in [6.07, 6.45) is 1.76. The van der Waals surface area contributed by atoms with Crippen LogP contribution >= 0.6 is 34.7 Å². The molecule has 1 saturated heterocycles. The first-order valence-corrected chi connectivity index (χ1v) is 8.15. The Labute approximate surface area is 135 Å².